The van der Waals surface area contributed by atoms with E-state index < -0.39 is 30.2 Å². The molecular weight excluding hydrogens is 683 g/mol. The molecule has 0 radical (unpaired) electrons. The van der Waals surface area contributed by atoms with Gasteiger partial charge >= 0.3 is 0 Å². The summed E-state index contributed by atoms with van der Waals surface area (Å²) in [6.45, 7) is 0. The highest BCUT2D eigenvalue weighted by Gasteiger charge is 2.23. The molecule has 0 fully saturated rings. The van der Waals surface area contributed by atoms with Crippen LogP contribution < -0.4 is 0 Å². The van der Waals surface area contributed by atoms with Crippen LogP contribution in [-0.2, 0) is 0 Å². The van der Waals surface area contributed by atoms with E-state index >= 15 is 0 Å². The number of rotatable bonds is 6. The molecule has 0 aliphatic heterocycles. The van der Waals surface area contributed by atoms with Gasteiger partial charge < -0.3 is 4.57 Å². The largest absolute Gasteiger partial charge is 0.307 e. The average Bonchev–Trinajstić information content (AvgIpc) is 3.84. The first-order valence-corrected chi connectivity index (χ1v) is 18.5. The van der Waals surface area contributed by atoms with Gasteiger partial charge in [0.05, 0.1) is 28.9 Å². The van der Waals surface area contributed by atoms with Crippen molar-refractivity contribution in [3.8, 4) is 56.7 Å². The van der Waals surface area contributed by atoms with Gasteiger partial charge in [0, 0.05) is 38.4 Å². The molecule has 11 rings (SSSR count). The van der Waals surface area contributed by atoms with Crippen LogP contribution in [0.1, 0.15) is 6.85 Å². The van der Waals surface area contributed by atoms with Crippen LogP contribution in [0.4, 0.5) is 0 Å². The van der Waals surface area contributed by atoms with Crippen LogP contribution >= 0.6 is 0 Å². The third-order valence-electron chi connectivity index (χ3n) is 10.5. The van der Waals surface area contributed by atoms with Gasteiger partial charge in [-0.3, -0.25) is 4.57 Å². The molecular formula is C51H33N5. The Bertz CT molecular complexity index is 3520. The quantitative estimate of drug-likeness (QED) is 0.172. The molecule has 0 saturated carbocycles. The van der Waals surface area contributed by atoms with Gasteiger partial charge in [0.2, 0.25) is 5.95 Å². The maximum absolute atomic E-state index is 8.99. The summed E-state index contributed by atoms with van der Waals surface area (Å²) in [4.78, 5) is 15.2. The first-order valence-electron chi connectivity index (χ1n) is 21.0. The van der Waals surface area contributed by atoms with E-state index in [1.807, 2.05) is 95.6 Å². The minimum atomic E-state index is -0.488. The highest BCUT2D eigenvalue weighted by Crippen LogP contribution is 2.42. The number of benzene rings is 8. The number of para-hydroxylation sites is 2. The van der Waals surface area contributed by atoms with Gasteiger partial charge in [-0.2, -0.15) is 9.97 Å². The molecule has 0 amide bonds. The summed E-state index contributed by atoms with van der Waals surface area (Å²) >= 11 is 0. The minimum Gasteiger partial charge on any atom is -0.307 e. The fourth-order valence-corrected chi connectivity index (χ4v) is 7.97. The van der Waals surface area contributed by atoms with Crippen LogP contribution in [0.2, 0.25) is 0 Å². The van der Waals surface area contributed by atoms with Gasteiger partial charge in [-0.15, -0.1) is 0 Å². The van der Waals surface area contributed by atoms with Crippen molar-refractivity contribution >= 4 is 43.6 Å². The van der Waals surface area contributed by atoms with Crippen molar-refractivity contribution in [2.45, 2.75) is 0 Å². The number of aromatic nitrogens is 5. The molecule has 5 nitrogen and oxygen atoms in total. The van der Waals surface area contributed by atoms with E-state index in [1.54, 1.807) is 0 Å². The molecule has 0 unspecified atom stereocenters. The lowest BCUT2D eigenvalue weighted by molar-refractivity contribution is 0.953. The van der Waals surface area contributed by atoms with E-state index in [1.165, 1.54) is 0 Å². The van der Waals surface area contributed by atoms with Gasteiger partial charge in [0.15, 0.2) is 11.6 Å². The highest BCUT2D eigenvalue weighted by molar-refractivity contribution is 6.23. The van der Waals surface area contributed by atoms with E-state index in [0.717, 1.165) is 71.6 Å². The van der Waals surface area contributed by atoms with Crippen molar-refractivity contribution in [2.24, 2.45) is 0 Å². The second-order valence-electron chi connectivity index (χ2n) is 13.7. The predicted molar refractivity (Wildman–Crippen MR) is 230 cm³/mol. The first kappa shape index (κ1) is 27.0. The van der Waals surface area contributed by atoms with Crippen LogP contribution in [0.15, 0.2) is 200 Å². The second-order valence-corrected chi connectivity index (χ2v) is 13.7. The highest BCUT2D eigenvalue weighted by atomic mass is 15.2. The van der Waals surface area contributed by atoms with Gasteiger partial charge in [0.25, 0.3) is 0 Å². The molecule has 262 valence electrons. The fourth-order valence-electron chi connectivity index (χ4n) is 7.97. The maximum atomic E-state index is 8.99. The molecule has 11 aromatic rings. The zero-order valence-corrected chi connectivity index (χ0v) is 29.9. The normalized spacial score (nSPS) is 12.8. The molecule has 0 aliphatic carbocycles. The van der Waals surface area contributed by atoms with Gasteiger partial charge in [0.1, 0.15) is 0 Å². The zero-order chi connectivity index (χ0) is 41.4. The van der Waals surface area contributed by atoms with E-state index in [4.69, 9.17) is 21.8 Å². The Kier molecular flexibility index (Phi) is 6.29. The van der Waals surface area contributed by atoms with Crippen LogP contribution in [0.25, 0.3) is 100 Å². The van der Waals surface area contributed by atoms with Crippen molar-refractivity contribution in [1.82, 2.24) is 24.1 Å². The Morgan fingerprint density at radius 3 is 1.52 bits per heavy atom. The van der Waals surface area contributed by atoms with Crippen molar-refractivity contribution < 1.29 is 6.85 Å². The molecule has 3 aromatic heterocycles. The molecule has 0 saturated heterocycles. The molecule has 8 aromatic carbocycles. The molecule has 3 heterocycles. The summed E-state index contributed by atoms with van der Waals surface area (Å²) in [6.07, 6.45) is 0. The van der Waals surface area contributed by atoms with Gasteiger partial charge in [-0.05, 0) is 52.6 Å². The van der Waals surface area contributed by atoms with Crippen molar-refractivity contribution in [3.05, 3.63) is 200 Å². The summed E-state index contributed by atoms with van der Waals surface area (Å²) < 4.78 is 47.8. The number of hydrogen-bond acceptors (Lipinski definition) is 3. The maximum Gasteiger partial charge on any atom is 0.238 e. The Hall–Kier alpha value is -7.63. The Morgan fingerprint density at radius 2 is 0.857 bits per heavy atom. The standard InChI is InChI=1S/C51H33N5/c1-4-16-34(17-5-1)37-22-14-24-39(32-37)50-52-49(36-20-8-3-9-21-36)53-51(54-50)56-46-29-13-11-27-42(46)44-31-30-43-41-26-10-12-28-45(41)55(47(43)48(44)56)40-25-15-23-38(33-40)35-18-6-2-7-19-35/h1-33H/i3D,8D,9D,20D,21D. The second kappa shape index (κ2) is 13.0. The topological polar surface area (TPSA) is 48.5 Å². The number of hydrogen-bond donors (Lipinski definition) is 0. The monoisotopic (exact) mass is 720 g/mol. The third kappa shape index (κ3) is 5.21. The number of fused-ring (bicyclic) bond motifs is 7. The smallest absolute Gasteiger partial charge is 0.238 e. The van der Waals surface area contributed by atoms with Crippen molar-refractivity contribution in [3.63, 3.8) is 0 Å². The summed E-state index contributed by atoms with van der Waals surface area (Å²) in [6, 6.07) is 55.4. The summed E-state index contributed by atoms with van der Waals surface area (Å²) in [5.41, 5.74) is 9.36. The van der Waals surface area contributed by atoms with Crippen molar-refractivity contribution in [1.29, 1.82) is 0 Å². The lowest BCUT2D eigenvalue weighted by atomic mass is 10.0. The molecule has 0 N–H and O–H groups in total. The SMILES string of the molecule is [2H]c1c([2H])c([2H])c(-c2nc(-c3cccc(-c4ccccc4)c3)nc(-n3c4ccccc4c4ccc5c6ccccc6n(-c6cccc(-c7ccccc7)c6)c5c43)n2)c([2H])c1[2H]. The first-order chi connectivity index (χ1) is 29.9. The molecule has 0 atom stereocenters. The van der Waals surface area contributed by atoms with E-state index in [9.17, 15) is 0 Å². The van der Waals surface area contributed by atoms with Crippen LogP contribution in [0, 0.1) is 0 Å². The zero-order valence-electron chi connectivity index (χ0n) is 34.9. The Balaban J connectivity index is 1.27. The lowest BCUT2D eigenvalue weighted by Crippen LogP contribution is -2.07. The molecule has 0 spiro atoms. The van der Waals surface area contributed by atoms with E-state index in [2.05, 4.69) is 83.4 Å². The van der Waals surface area contributed by atoms with E-state index in [0.29, 0.717) is 11.4 Å². The van der Waals surface area contributed by atoms with Crippen molar-refractivity contribution in [2.75, 3.05) is 0 Å². The molecule has 56 heavy (non-hydrogen) atoms. The summed E-state index contributed by atoms with van der Waals surface area (Å²) in [5, 5.41) is 4.07. The van der Waals surface area contributed by atoms with Gasteiger partial charge in [-0.25, -0.2) is 4.98 Å². The fraction of sp³-hybridized carbons (Fsp3) is 0. The summed E-state index contributed by atoms with van der Waals surface area (Å²) in [7, 11) is 0. The number of nitrogens with zero attached hydrogens (tertiary/aromatic N) is 5. The molecule has 5 heteroatoms. The third-order valence-corrected chi connectivity index (χ3v) is 10.5. The molecule has 0 aliphatic rings. The molecule has 0 bridgehead atoms. The van der Waals surface area contributed by atoms with Crippen LogP contribution in [-0.4, -0.2) is 24.1 Å². The van der Waals surface area contributed by atoms with Crippen LogP contribution in [0.3, 0.4) is 0 Å². The minimum absolute atomic E-state index is 0.0312. The Labute approximate surface area is 330 Å². The summed E-state index contributed by atoms with van der Waals surface area (Å²) in [5.74, 6) is 0.501. The predicted octanol–water partition coefficient (Wildman–Crippen LogP) is 12.7. The van der Waals surface area contributed by atoms with E-state index in [-0.39, 0.29) is 17.3 Å². The Morgan fingerprint density at radius 1 is 0.357 bits per heavy atom. The van der Waals surface area contributed by atoms with Crippen LogP contribution in [0.5, 0.6) is 0 Å². The van der Waals surface area contributed by atoms with Gasteiger partial charge in [-0.1, -0.05) is 170 Å². The average molecular weight is 721 g/mol. The lowest BCUT2D eigenvalue weighted by Gasteiger charge is -2.14.